The molecule has 13 heavy (non-hydrogen) atoms. The first-order valence-electron chi connectivity index (χ1n) is 4.24. The van der Waals surface area contributed by atoms with E-state index in [0.29, 0.717) is 5.56 Å². The Morgan fingerprint density at radius 1 is 1.31 bits per heavy atom. The van der Waals surface area contributed by atoms with Crippen LogP contribution in [0.25, 0.3) is 0 Å². The Kier molecular flexibility index (Phi) is 1.93. The molecule has 3 heteroatoms. The molecule has 1 aromatic rings. The SMILES string of the molecule is NC1(C(=O)c2ccc(S)cc2)CC1. The summed E-state index contributed by atoms with van der Waals surface area (Å²) < 4.78 is 0. The molecule has 0 radical (unpaired) electrons. The molecule has 0 spiro atoms. The van der Waals surface area contributed by atoms with E-state index in [2.05, 4.69) is 12.6 Å². The minimum absolute atomic E-state index is 0.0563. The monoisotopic (exact) mass is 193 g/mol. The number of hydrogen-bond acceptors (Lipinski definition) is 3. The zero-order valence-corrected chi connectivity index (χ0v) is 8.05. The summed E-state index contributed by atoms with van der Waals surface area (Å²) in [6.07, 6.45) is 1.63. The van der Waals surface area contributed by atoms with Gasteiger partial charge in [0.2, 0.25) is 0 Å². The van der Waals surface area contributed by atoms with Gasteiger partial charge in [0.05, 0.1) is 5.54 Å². The second kappa shape index (κ2) is 2.86. The molecule has 0 aliphatic heterocycles. The Hall–Kier alpha value is -0.800. The van der Waals surface area contributed by atoms with E-state index in [4.69, 9.17) is 5.73 Å². The van der Waals surface area contributed by atoms with Crippen molar-refractivity contribution in [3.05, 3.63) is 29.8 Å². The van der Waals surface area contributed by atoms with Crippen LogP contribution in [-0.4, -0.2) is 11.3 Å². The summed E-state index contributed by atoms with van der Waals surface area (Å²) in [6, 6.07) is 7.17. The number of benzene rings is 1. The maximum Gasteiger partial charge on any atom is 0.182 e. The second-order valence-corrected chi connectivity index (χ2v) is 4.05. The number of ketones is 1. The lowest BCUT2D eigenvalue weighted by molar-refractivity contribution is 0.0949. The van der Waals surface area contributed by atoms with Gasteiger partial charge < -0.3 is 5.73 Å². The van der Waals surface area contributed by atoms with Crippen LogP contribution in [0, 0.1) is 0 Å². The van der Waals surface area contributed by atoms with Crippen LogP contribution in [-0.2, 0) is 0 Å². The fraction of sp³-hybridized carbons (Fsp3) is 0.300. The molecule has 0 atom stereocenters. The van der Waals surface area contributed by atoms with Crippen LogP contribution >= 0.6 is 12.6 Å². The molecule has 0 bridgehead atoms. The average Bonchev–Trinajstić information content (AvgIpc) is 2.85. The number of nitrogens with two attached hydrogens (primary N) is 1. The third kappa shape index (κ3) is 1.62. The van der Waals surface area contributed by atoms with Crippen molar-refractivity contribution in [1.29, 1.82) is 0 Å². The van der Waals surface area contributed by atoms with E-state index in [1.807, 2.05) is 12.1 Å². The first-order valence-corrected chi connectivity index (χ1v) is 4.69. The molecule has 1 saturated carbocycles. The molecule has 2 N–H and O–H groups in total. The maximum absolute atomic E-state index is 11.7. The van der Waals surface area contributed by atoms with Crippen molar-refractivity contribution in [2.24, 2.45) is 5.73 Å². The maximum atomic E-state index is 11.7. The Morgan fingerprint density at radius 2 is 1.85 bits per heavy atom. The molecule has 1 aromatic carbocycles. The van der Waals surface area contributed by atoms with E-state index in [1.165, 1.54) is 0 Å². The normalized spacial score (nSPS) is 18.3. The number of carbonyl (C=O) groups excluding carboxylic acids is 1. The van der Waals surface area contributed by atoms with E-state index in [0.717, 1.165) is 17.7 Å². The minimum atomic E-state index is -0.557. The van der Waals surface area contributed by atoms with Gasteiger partial charge in [-0.3, -0.25) is 4.79 Å². The van der Waals surface area contributed by atoms with Gasteiger partial charge in [-0.05, 0) is 25.0 Å². The highest BCUT2D eigenvalue weighted by Crippen LogP contribution is 2.35. The number of rotatable bonds is 2. The van der Waals surface area contributed by atoms with Gasteiger partial charge in [-0.25, -0.2) is 0 Å². The van der Waals surface area contributed by atoms with Gasteiger partial charge in [0.1, 0.15) is 0 Å². The molecule has 0 amide bonds. The van der Waals surface area contributed by atoms with Gasteiger partial charge in [0.15, 0.2) is 5.78 Å². The Bertz CT molecular complexity index is 340. The first kappa shape index (κ1) is 8.78. The minimum Gasteiger partial charge on any atom is -0.319 e. The van der Waals surface area contributed by atoms with Crippen LogP contribution in [0.5, 0.6) is 0 Å². The summed E-state index contributed by atoms with van der Waals surface area (Å²) in [6.45, 7) is 0. The number of Topliss-reactive ketones (excluding diaryl/α,β-unsaturated/α-hetero) is 1. The van der Waals surface area contributed by atoms with Crippen molar-refractivity contribution in [2.45, 2.75) is 23.3 Å². The van der Waals surface area contributed by atoms with E-state index in [1.54, 1.807) is 12.1 Å². The summed E-state index contributed by atoms with van der Waals surface area (Å²) in [5.41, 5.74) is 5.93. The van der Waals surface area contributed by atoms with E-state index >= 15 is 0 Å². The lowest BCUT2D eigenvalue weighted by atomic mass is 10.0. The zero-order valence-electron chi connectivity index (χ0n) is 7.16. The van der Waals surface area contributed by atoms with E-state index in [9.17, 15) is 4.79 Å². The van der Waals surface area contributed by atoms with Gasteiger partial charge in [-0.2, -0.15) is 0 Å². The molecule has 68 valence electrons. The number of thiol groups is 1. The topological polar surface area (TPSA) is 43.1 Å². The summed E-state index contributed by atoms with van der Waals surface area (Å²) in [7, 11) is 0. The van der Waals surface area contributed by atoms with Crippen molar-refractivity contribution in [1.82, 2.24) is 0 Å². The van der Waals surface area contributed by atoms with Crippen molar-refractivity contribution in [2.75, 3.05) is 0 Å². The van der Waals surface area contributed by atoms with E-state index in [-0.39, 0.29) is 5.78 Å². The van der Waals surface area contributed by atoms with Crippen molar-refractivity contribution < 1.29 is 4.79 Å². The predicted octanol–water partition coefficient (Wildman–Crippen LogP) is 1.65. The lowest BCUT2D eigenvalue weighted by Crippen LogP contribution is -2.32. The van der Waals surface area contributed by atoms with Crippen LogP contribution in [0.2, 0.25) is 0 Å². The Balaban J connectivity index is 2.26. The average molecular weight is 193 g/mol. The first-order chi connectivity index (χ1) is 6.12. The summed E-state index contributed by atoms with van der Waals surface area (Å²) >= 11 is 4.15. The van der Waals surface area contributed by atoms with Gasteiger partial charge in [0, 0.05) is 10.5 Å². The molecule has 1 fully saturated rings. The van der Waals surface area contributed by atoms with Crippen LogP contribution in [0.15, 0.2) is 29.2 Å². The molecule has 2 nitrogen and oxygen atoms in total. The second-order valence-electron chi connectivity index (χ2n) is 3.53. The molecule has 0 saturated heterocycles. The smallest absolute Gasteiger partial charge is 0.182 e. The van der Waals surface area contributed by atoms with Gasteiger partial charge in [0.25, 0.3) is 0 Å². The summed E-state index contributed by atoms with van der Waals surface area (Å²) in [5.74, 6) is 0.0563. The summed E-state index contributed by atoms with van der Waals surface area (Å²) in [5, 5.41) is 0. The zero-order chi connectivity index (χ0) is 9.47. The quantitative estimate of drug-likeness (QED) is 0.554. The van der Waals surface area contributed by atoms with Gasteiger partial charge in [-0.15, -0.1) is 12.6 Å². The fourth-order valence-electron chi connectivity index (χ4n) is 1.26. The van der Waals surface area contributed by atoms with Crippen molar-refractivity contribution in [3.8, 4) is 0 Å². The molecule has 1 aliphatic carbocycles. The van der Waals surface area contributed by atoms with Crippen LogP contribution in [0.1, 0.15) is 23.2 Å². The number of hydrogen-bond donors (Lipinski definition) is 2. The largest absolute Gasteiger partial charge is 0.319 e. The van der Waals surface area contributed by atoms with Gasteiger partial charge in [-0.1, -0.05) is 12.1 Å². The number of carbonyl (C=O) groups is 1. The summed E-state index contributed by atoms with van der Waals surface area (Å²) in [4.78, 5) is 12.5. The lowest BCUT2D eigenvalue weighted by Gasteiger charge is -2.06. The van der Waals surface area contributed by atoms with Crippen LogP contribution in [0.3, 0.4) is 0 Å². The highest BCUT2D eigenvalue weighted by molar-refractivity contribution is 7.80. The van der Waals surface area contributed by atoms with Crippen molar-refractivity contribution >= 4 is 18.4 Å². The Morgan fingerprint density at radius 3 is 2.31 bits per heavy atom. The molecule has 0 heterocycles. The third-order valence-corrected chi connectivity index (χ3v) is 2.67. The molecular formula is C10H11NOS. The molecule has 2 rings (SSSR count). The standard InChI is InChI=1S/C10H11NOS/c11-10(5-6-10)9(12)7-1-3-8(13)4-2-7/h1-4,13H,5-6,11H2. The van der Waals surface area contributed by atoms with Crippen molar-refractivity contribution in [3.63, 3.8) is 0 Å². The predicted molar refractivity (Wildman–Crippen MR) is 54.2 cm³/mol. The molecular weight excluding hydrogens is 182 g/mol. The fourth-order valence-corrected chi connectivity index (χ4v) is 1.41. The highest BCUT2D eigenvalue weighted by atomic mass is 32.1. The molecule has 0 aromatic heterocycles. The molecule has 1 aliphatic rings. The van der Waals surface area contributed by atoms with Crippen LogP contribution in [0.4, 0.5) is 0 Å². The Labute approximate surface area is 82.5 Å². The van der Waals surface area contributed by atoms with Crippen LogP contribution < -0.4 is 5.73 Å². The molecule has 0 unspecified atom stereocenters. The highest BCUT2D eigenvalue weighted by Gasteiger charge is 2.45. The third-order valence-electron chi connectivity index (χ3n) is 2.37. The van der Waals surface area contributed by atoms with E-state index < -0.39 is 5.54 Å². The van der Waals surface area contributed by atoms with Gasteiger partial charge >= 0.3 is 0 Å².